The SMILES string of the molecule is COc1cc2c(c(OC)c1OC)C(=O)N(CC(C)(C)CO)C2C#N. The summed E-state index contributed by atoms with van der Waals surface area (Å²) in [6.45, 7) is 3.80. The zero-order valence-corrected chi connectivity index (χ0v) is 14.5. The molecule has 1 aromatic carbocycles. The highest BCUT2D eigenvalue weighted by Crippen LogP contribution is 2.48. The number of fused-ring (bicyclic) bond motifs is 1. The molecule has 1 aromatic rings. The third-order valence-corrected chi connectivity index (χ3v) is 4.09. The molecule has 24 heavy (non-hydrogen) atoms. The molecule has 0 radical (unpaired) electrons. The van der Waals surface area contributed by atoms with Crippen LogP contribution in [0.4, 0.5) is 0 Å². The zero-order valence-electron chi connectivity index (χ0n) is 14.5. The van der Waals surface area contributed by atoms with Gasteiger partial charge < -0.3 is 24.2 Å². The maximum atomic E-state index is 12.9. The van der Waals surface area contributed by atoms with E-state index >= 15 is 0 Å². The lowest BCUT2D eigenvalue weighted by Crippen LogP contribution is -2.38. The topological polar surface area (TPSA) is 92.0 Å². The molecule has 7 nitrogen and oxygen atoms in total. The molecule has 0 aliphatic carbocycles. The Morgan fingerprint density at radius 3 is 2.33 bits per heavy atom. The smallest absolute Gasteiger partial charge is 0.259 e. The van der Waals surface area contributed by atoms with E-state index < -0.39 is 11.5 Å². The van der Waals surface area contributed by atoms with Crippen LogP contribution in [0.25, 0.3) is 0 Å². The van der Waals surface area contributed by atoms with Gasteiger partial charge in [0.05, 0.1) is 33.0 Å². The molecule has 0 saturated carbocycles. The first kappa shape index (κ1) is 17.9. The van der Waals surface area contributed by atoms with Crippen molar-refractivity contribution in [2.45, 2.75) is 19.9 Å². The number of nitrogens with zero attached hydrogens (tertiary/aromatic N) is 2. The monoisotopic (exact) mass is 334 g/mol. The second-order valence-electron chi connectivity index (χ2n) is 6.40. The Morgan fingerprint density at radius 1 is 1.25 bits per heavy atom. The van der Waals surface area contributed by atoms with Crippen LogP contribution in [0.2, 0.25) is 0 Å². The van der Waals surface area contributed by atoms with Crippen molar-refractivity contribution in [3.63, 3.8) is 0 Å². The standard InChI is InChI=1S/C17H22N2O5/c1-17(2,9-20)8-19-11(7-18)10-6-12(22-3)14(23-4)15(24-5)13(10)16(19)21/h6,11,20H,8-9H2,1-5H3. The molecular formula is C17H22N2O5. The van der Waals surface area contributed by atoms with Crippen molar-refractivity contribution >= 4 is 5.91 Å². The molecule has 1 atom stereocenters. The molecule has 0 saturated heterocycles. The Labute approximate surface area is 141 Å². The van der Waals surface area contributed by atoms with E-state index in [0.29, 0.717) is 22.6 Å². The van der Waals surface area contributed by atoms with Gasteiger partial charge in [-0.25, -0.2) is 0 Å². The summed E-state index contributed by atoms with van der Waals surface area (Å²) in [5, 5.41) is 19.1. The highest BCUT2D eigenvalue weighted by molar-refractivity contribution is 6.03. The lowest BCUT2D eigenvalue weighted by Gasteiger charge is -2.30. The molecule has 1 aliphatic heterocycles. The number of rotatable bonds is 6. The number of hydrogen-bond acceptors (Lipinski definition) is 6. The van der Waals surface area contributed by atoms with Gasteiger partial charge in [-0.2, -0.15) is 5.26 Å². The summed E-state index contributed by atoms with van der Waals surface area (Å²) < 4.78 is 16.0. The molecule has 130 valence electrons. The molecule has 1 aliphatic rings. The summed E-state index contributed by atoms with van der Waals surface area (Å²) >= 11 is 0. The number of nitriles is 1. The van der Waals surface area contributed by atoms with Gasteiger partial charge in [-0.1, -0.05) is 13.8 Å². The predicted octanol–water partition coefficient (Wildman–Crippen LogP) is 1.75. The highest BCUT2D eigenvalue weighted by atomic mass is 16.5. The molecule has 0 bridgehead atoms. The molecule has 1 heterocycles. The molecule has 2 rings (SSSR count). The molecule has 7 heteroatoms. The van der Waals surface area contributed by atoms with Crippen LogP contribution in [0.3, 0.4) is 0 Å². The predicted molar refractivity (Wildman–Crippen MR) is 86.4 cm³/mol. The van der Waals surface area contributed by atoms with Gasteiger partial charge in [0.1, 0.15) is 6.04 Å². The van der Waals surface area contributed by atoms with Crippen molar-refractivity contribution in [1.82, 2.24) is 4.90 Å². The minimum atomic E-state index is -0.771. The molecular weight excluding hydrogens is 312 g/mol. The second kappa shape index (κ2) is 6.57. The third kappa shape index (κ3) is 2.74. The van der Waals surface area contributed by atoms with Crippen molar-refractivity contribution in [1.29, 1.82) is 5.26 Å². The van der Waals surface area contributed by atoms with Crippen LogP contribution in [0, 0.1) is 16.7 Å². The quantitative estimate of drug-likeness (QED) is 0.852. The summed E-state index contributed by atoms with van der Waals surface area (Å²) in [6.07, 6.45) is 0. The number of carbonyl (C=O) groups is 1. The fourth-order valence-electron chi connectivity index (χ4n) is 2.85. The Kier molecular flexibility index (Phi) is 4.90. The average molecular weight is 334 g/mol. The number of ether oxygens (including phenoxy) is 3. The Bertz CT molecular complexity index is 693. The summed E-state index contributed by atoms with van der Waals surface area (Å²) in [6, 6.07) is 3.02. The molecule has 0 spiro atoms. The number of benzene rings is 1. The summed E-state index contributed by atoms with van der Waals surface area (Å²) in [7, 11) is 4.38. The van der Waals surface area contributed by atoms with Crippen molar-refractivity contribution < 1.29 is 24.1 Å². The Hall–Kier alpha value is -2.46. The number of aliphatic hydroxyl groups is 1. The van der Waals surface area contributed by atoms with Gasteiger partial charge in [-0.05, 0) is 6.07 Å². The molecule has 1 N–H and O–H groups in total. The normalized spacial score (nSPS) is 16.6. The number of aliphatic hydroxyl groups excluding tert-OH is 1. The number of carbonyl (C=O) groups excluding carboxylic acids is 1. The van der Waals surface area contributed by atoms with E-state index in [9.17, 15) is 15.2 Å². The third-order valence-electron chi connectivity index (χ3n) is 4.09. The number of amides is 1. The lowest BCUT2D eigenvalue weighted by atomic mass is 9.93. The maximum Gasteiger partial charge on any atom is 0.259 e. The van der Waals surface area contributed by atoms with E-state index in [1.807, 2.05) is 13.8 Å². The molecule has 0 fully saturated rings. The Morgan fingerprint density at radius 2 is 1.88 bits per heavy atom. The summed E-state index contributed by atoms with van der Waals surface area (Å²) in [4.78, 5) is 14.4. The minimum absolute atomic E-state index is 0.102. The highest BCUT2D eigenvalue weighted by Gasteiger charge is 2.43. The van der Waals surface area contributed by atoms with Crippen molar-refractivity contribution in [2.75, 3.05) is 34.5 Å². The zero-order chi connectivity index (χ0) is 18.1. The summed E-state index contributed by atoms with van der Waals surface area (Å²) in [5.41, 5.74) is 0.287. The van der Waals surface area contributed by atoms with Crippen LogP contribution >= 0.6 is 0 Å². The van der Waals surface area contributed by atoms with Crippen molar-refractivity contribution in [3.8, 4) is 23.3 Å². The van der Waals surface area contributed by atoms with Gasteiger partial charge >= 0.3 is 0 Å². The van der Waals surface area contributed by atoms with E-state index in [1.54, 1.807) is 6.07 Å². The van der Waals surface area contributed by atoms with Gasteiger partial charge in [0.2, 0.25) is 5.75 Å². The Balaban J connectivity index is 2.63. The van der Waals surface area contributed by atoms with E-state index in [4.69, 9.17) is 14.2 Å². The van der Waals surface area contributed by atoms with Crippen LogP contribution in [-0.2, 0) is 0 Å². The lowest BCUT2D eigenvalue weighted by molar-refractivity contribution is 0.0589. The van der Waals surface area contributed by atoms with Crippen LogP contribution in [-0.4, -0.2) is 50.4 Å². The average Bonchev–Trinajstić information content (AvgIpc) is 2.83. The van der Waals surface area contributed by atoms with Crippen LogP contribution in [0.5, 0.6) is 17.2 Å². The first-order valence-electron chi connectivity index (χ1n) is 7.49. The van der Waals surface area contributed by atoms with Crippen LogP contribution in [0.1, 0.15) is 35.8 Å². The minimum Gasteiger partial charge on any atom is -0.493 e. The number of hydrogen-bond donors (Lipinski definition) is 1. The van der Waals surface area contributed by atoms with Gasteiger partial charge in [-0.3, -0.25) is 4.79 Å². The maximum absolute atomic E-state index is 12.9. The van der Waals surface area contributed by atoms with Crippen molar-refractivity contribution in [3.05, 3.63) is 17.2 Å². The fourth-order valence-corrected chi connectivity index (χ4v) is 2.85. The second-order valence-corrected chi connectivity index (χ2v) is 6.40. The largest absolute Gasteiger partial charge is 0.493 e. The first-order chi connectivity index (χ1) is 11.3. The van der Waals surface area contributed by atoms with Gasteiger partial charge in [0.15, 0.2) is 11.5 Å². The van der Waals surface area contributed by atoms with Gasteiger partial charge in [0, 0.05) is 24.1 Å². The van der Waals surface area contributed by atoms with Crippen LogP contribution < -0.4 is 14.2 Å². The van der Waals surface area contributed by atoms with E-state index in [1.165, 1.54) is 26.2 Å². The molecule has 0 aromatic heterocycles. The van der Waals surface area contributed by atoms with Crippen LogP contribution in [0.15, 0.2) is 6.07 Å². The van der Waals surface area contributed by atoms with Gasteiger partial charge in [-0.15, -0.1) is 0 Å². The van der Waals surface area contributed by atoms with Crippen molar-refractivity contribution in [2.24, 2.45) is 5.41 Å². The van der Waals surface area contributed by atoms with E-state index in [2.05, 4.69) is 6.07 Å². The van der Waals surface area contributed by atoms with Gasteiger partial charge in [0.25, 0.3) is 5.91 Å². The molecule has 1 unspecified atom stereocenters. The fraction of sp³-hybridized carbons (Fsp3) is 0.529. The summed E-state index contributed by atoms with van der Waals surface area (Å²) in [5.74, 6) is 0.633. The first-order valence-corrected chi connectivity index (χ1v) is 7.49. The van der Waals surface area contributed by atoms with E-state index in [-0.39, 0.29) is 24.8 Å². The number of methoxy groups -OCH3 is 3. The van der Waals surface area contributed by atoms with E-state index in [0.717, 1.165) is 0 Å². The molecule has 1 amide bonds.